The van der Waals surface area contributed by atoms with E-state index in [4.69, 9.17) is 9.72 Å². The standard InChI is InChI=1S/C31H25N3O/c1-35-30-19-24(21-32)17-18-25(30)20-29-22-34(23-33-29)31(26-11-5-2-6-12-26,27-13-7-3-8-14-27)28-15-9-4-10-16-28/h2-19,22-23H,20H2,1H3. The van der Waals surface area contributed by atoms with Crippen molar-refractivity contribution in [2.75, 3.05) is 7.11 Å². The molecule has 4 aromatic carbocycles. The number of methoxy groups -OCH3 is 1. The summed E-state index contributed by atoms with van der Waals surface area (Å²) in [7, 11) is 1.63. The Morgan fingerprint density at radius 2 is 1.34 bits per heavy atom. The van der Waals surface area contributed by atoms with Crippen LogP contribution in [0.1, 0.15) is 33.5 Å². The summed E-state index contributed by atoms with van der Waals surface area (Å²) in [5, 5.41) is 9.23. The zero-order valence-corrected chi connectivity index (χ0v) is 19.5. The third-order valence-electron chi connectivity index (χ3n) is 6.39. The molecular weight excluding hydrogens is 430 g/mol. The summed E-state index contributed by atoms with van der Waals surface area (Å²) in [4.78, 5) is 4.81. The summed E-state index contributed by atoms with van der Waals surface area (Å²) >= 11 is 0. The maximum atomic E-state index is 9.23. The molecule has 0 saturated heterocycles. The van der Waals surface area contributed by atoms with Crippen LogP contribution in [0.15, 0.2) is 122 Å². The predicted molar refractivity (Wildman–Crippen MR) is 137 cm³/mol. The Morgan fingerprint density at radius 1 is 0.800 bits per heavy atom. The highest BCUT2D eigenvalue weighted by Crippen LogP contribution is 2.41. The van der Waals surface area contributed by atoms with Crippen molar-refractivity contribution in [1.82, 2.24) is 9.55 Å². The summed E-state index contributed by atoms with van der Waals surface area (Å²) in [5.41, 5.74) is 5.34. The number of aromatic nitrogens is 2. The molecule has 0 aliphatic heterocycles. The molecule has 1 heterocycles. The van der Waals surface area contributed by atoms with Crippen molar-refractivity contribution in [2.24, 2.45) is 0 Å². The summed E-state index contributed by atoms with van der Waals surface area (Å²) in [6.07, 6.45) is 4.62. The third kappa shape index (κ3) is 4.09. The molecule has 0 spiro atoms. The van der Waals surface area contributed by atoms with Crippen molar-refractivity contribution < 1.29 is 4.74 Å². The third-order valence-corrected chi connectivity index (χ3v) is 6.39. The Hall–Kier alpha value is -4.62. The lowest BCUT2D eigenvalue weighted by Crippen LogP contribution is -2.36. The van der Waals surface area contributed by atoms with Crippen LogP contribution in [0.5, 0.6) is 5.75 Å². The highest BCUT2D eigenvalue weighted by Gasteiger charge is 2.38. The Kier molecular flexibility index (Phi) is 6.15. The molecule has 0 amide bonds. The largest absolute Gasteiger partial charge is 0.496 e. The normalized spacial score (nSPS) is 11.1. The lowest BCUT2D eigenvalue weighted by atomic mass is 9.77. The second kappa shape index (κ2) is 9.70. The van der Waals surface area contributed by atoms with Gasteiger partial charge in [-0.3, -0.25) is 0 Å². The molecule has 4 nitrogen and oxygen atoms in total. The zero-order chi connectivity index (χ0) is 24.1. The highest BCUT2D eigenvalue weighted by molar-refractivity contribution is 5.51. The van der Waals surface area contributed by atoms with E-state index in [1.807, 2.05) is 36.7 Å². The molecule has 0 fully saturated rings. The van der Waals surface area contributed by atoms with Crippen LogP contribution in [0.2, 0.25) is 0 Å². The summed E-state index contributed by atoms with van der Waals surface area (Å²) in [5.74, 6) is 0.694. The molecule has 0 aliphatic rings. The van der Waals surface area contributed by atoms with Crippen LogP contribution >= 0.6 is 0 Å². The number of rotatable bonds is 7. The van der Waals surface area contributed by atoms with E-state index >= 15 is 0 Å². The average molecular weight is 456 g/mol. The van der Waals surface area contributed by atoms with Gasteiger partial charge in [0.25, 0.3) is 0 Å². The maximum absolute atomic E-state index is 9.23. The van der Waals surface area contributed by atoms with E-state index in [2.05, 4.69) is 89.6 Å². The van der Waals surface area contributed by atoms with E-state index in [1.54, 1.807) is 13.2 Å². The van der Waals surface area contributed by atoms with Crippen LogP contribution in [0.25, 0.3) is 0 Å². The second-order valence-corrected chi connectivity index (χ2v) is 8.40. The number of nitriles is 1. The van der Waals surface area contributed by atoms with Gasteiger partial charge < -0.3 is 9.30 Å². The number of ether oxygens (including phenoxy) is 1. The number of hydrogen-bond donors (Lipinski definition) is 0. The summed E-state index contributed by atoms with van der Waals surface area (Å²) in [6, 6.07) is 39.3. The lowest BCUT2D eigenvalue weighted by molar-refractivity contribution is 0.410. The molecule has 0 N–H and O–H groups in total. The van der Waals surface area contributed by atoms with Gasteiger partial charge in [0.2, 0.25) is 0 Å². The fourth-order valence-corrected chi connectivity index (χ4v) is 4.78. The lowest BCUT2D eigenvalue weighted by Gasteiger charge is -2.37. The number of imidazole rings is 1. The van der Waals surface area contributed by atoms with Gasteiger partial charge in [-0.2, -0.15) is 5.26 Å². The van der Waals surface area contributed by atoms with Gasteiger partial charge in [0.1, 0.15) is 11.3 Å². The fraction of sp³-hybridized carbons (Fsp3) is 0.0968. The van der Waals surface area contributed by atoms with E-state index in [1.165, 1.54) is 0 Å². The molecule has 0 unspecified atom stereocenters. The van der Waals surface area contributed by atoms with Gasteiger partial charge in [-0.1, -0.05) is 97.1 Å². The number of hydrogen-bond acceptors (Lipinski definition) is 3. The van der Waals surface area contributed by atoms with E-state index < -0.39 is 5.54 Å². The van der Waals surface area contributed by atoms with Crippen molar-refractivity contribution in [2.45, 2.75) is 12.0 Å². The molecular formula is C31H25N3O. The molecule has 0 atom stereocenters. The van der Waals surface area contributed by atoms with Crippen LogP contribution in [0.4, 0.5) is 0 Å². The van der Waals surface area contributed by atoms with Gasteiger partial charge in [-0.15, -0.1) is 0 Å². The molecule has 35 heavy (non-hydrogen) atoms. The zero-order valence-electron chi connectivity index (χ0n) is 19.5. The van der Waals surface area contributed by atoms with Crippen LogP contribution in [-0.2, 0) is 12.0 Å². The first kappa shape index (κ1) is 22.2. The van der Waals surface area contributed by atoms with Gasteiger partial charge in [0.15, 0.2) is 0 Å². The van der Waals surface area contributed by atoms with Crippen molar-refractivity contribution in [3.8, 4) is 11.8 Å². The first-order valence-electron chi connectivity index (χ1n) is 11.5. The number of benzene rings is 4. The van der Waals surface area contributed by atoms with Crippen LogP contribution in [0, 0.1) is 11.3 Å². The molecule has 170 valence electrons. The van der Waals surface area contributed by atoms with E-state index in [0.29, 0.717) is 17.7 Å². The van der Waals surface area contributed by atoms with Crippen molar-refractivity contribution in [3.63, 3.8) is 0 Å². The van der Waals surface area contributed by atoms with Crippen LogP contribution in [0.3, 0.4) is 0 Å². The maximum Gasteiger partial charge on any atom is 0.123 e. The summed E-state index contributed by atoms with van der Waals surface area (Å²) < 4.78 is 7.76. The van der Waals surface area contributed by atoms with E-state index in [-0.39, 0.29) is 0 Å². The minimum atomic E-state index is -0.593. The minimum Gasteiger partial charge on any atom is -0.496 e. The smallest absolute Gasteiger partial charge is 0.123 e. The fourth-order valence-electron chi connectivity index (χ4n) is 4.78. The molecule has 5 rings (SSSR count). The topological polar surface area (TPSA) is 50.8 Å². The molecule has 1 aromatic heterocycles. The van der Waals surface area contributed by atoms with Gasteiger partial charge in [0, 0.05) is 18.2 Å². The van der Waals surface area contributed by atoms with Crippen molar-refractivity contribution >= 4 is 0 Å². The van der Waals surface area contributed by atoms with E-state index in [9.17, 15) is 5.26 Å². The Balaban J connectivity index is 1.68. The molecule has 4 heteroatoms. The van der Waals surface area contributed by atoms with Gasteiger partial charge >= 0.3 is 0 Å². The minimum absolute atomic E-state index is 0.576. The second-order valence-electron chi connectivity index (χ2n) is 8.40. The first-order valence-corrected chi connectivity index (χ1v) is 11.5. The van der Waals surface area contributed by atoms with Gasteiger partial charge in [-0.05, 0) is 28.8 Å². The monoisotopic (exact) mass is 455 g/mol. The quantitative estimate of drug-likeness (QED) is 0.275. The predicted octanol–water partition coefficient (Wildman–Crippen LogP) is 6.19. The molecule has 0 radical (unpaired) electrons. The van der Waals surface area contributed by atoms with Crippen molar-refractivity contribution in [1.29, 1.82) is 5.26 Å². The van der Waals surface area contributed by atoms with Crippen molar-refractivity contribution in [3.05, 3.63) is 155 Å². The van der Waals surface area contributed by atoms with Gasteiger partial charge in [-0.25, -0.2) is 4.98 Å². The number of nitrogens with zero attached hydrogens (tertiary/aromatic N) is 3. The highest BCUT2D eigenvalue weighted by atomic mass is 16.5. The molecule has 0 bridgehead atoms. The molecule has 5 aromatic rings. The molecule has 0 aliphatic carbocycles. The summed E-state index contributed by atoms with van der Waals surface area (Å²) in [6.45, 7) is 0. The Bertz CT molecular complexity index is 1360. The Labute approximate surface area is 205 Å². The van der Waals surface area contributed by atoms with Gasteiger partial charge in [0.05, 0.1) is 30.8 Å². The van der Waals surface area contributed by atoms with Crippen LogP contribution in [-0.4, -0.2) is 16.7 Å². The average Bonchev–Trinajstić information content (AvgIpc) is 3.40. The molecule has 0 saturated carbocycles. The van der Waals surface area contributed by atoms with E-state index in [0.717, 1.165) is 27.9 Å². The Morgan fingerprint density at radius 3 is 1.83 bits per heavy atom. The first-order chi connectivity index (χ1) is 17.3. The van der Waals surface area contributed by atoms with Crippen LogP contribution < -0.4 is 4.74 Å². The SMILES string of the molecule is COc1cc(C#N)ccc1Cc1cn(C(c2ccccc2)(c2ccccc2)c2ccccc2)cn1.